The Bertz CT molecular complexity index is 628. The molecule has 2 aromatic rings. The van der Waals surface area contributed by atoms with E-state index in [0.29, 0.717) is 12.4 Å². The van der Waals surface area contributed by atoms with E-state index in [1.807, 2.05) is 42.5 Å². The molecule has 2 rings (SSSR count). The van der Waals surface area contributed by atoms with Crippen LogP contribution in [0.2, 0.25) is 0 Å². The lowest BCUT2D eigenvalue weighted by molar-refractivity contribution is -0.144. The first-order valence-corrected chi connectivity index (χ1v) is 6.98. The molecule has 0 N–H and O–H groups in total. The van der Waals surface area contributed by atoms with Crippen LogP contribution in [0.5, 0.6) is 5.75 Å². The fourth-order valence-corrected chi connectivity index (χ4v) is 2.03. The summed E-state index contributed by atoms with van der Waals surface area (Å²) >= 11 is 0. The zero-order valence-electron chi connectivity index (χ0n) is 12.0. The third kappa shape index (κ3) is 4.31. The van der Waals surface area contributed by atoms with E-state index in [4.69, 9.17) is 9.47 Å². The number of esters is 1. The molecule has 0 saturated carbocycles. The van der Waals surface area contributed by atoms with E-state index in [-0.39, 0.29) is 31.2 Å². The predicted octanol–water partition coefficient (Wildman–Crippen LogP) is 3.13. The zero-order valence-corrected chi connectivity index (χ0v) is 12.0. The van der Waals surface area contributed by atoms with Crippen LogP contribution < -0.4 is 4.74 Å². The van der Waals surface area contributed by atoms with Gasteiger partial charge in [-0.25, -0.2) is 0 Å². The van der Waals surface area contributed by atoms with Gasteiger partial charge in [0.05, 0.1) is 13.0 Å². The first kappa shape index (κ1) is 15.0. The highest BCUT2D eigenvalue weighted by Gasteiger charge is 2.09. The van der Waals surface area contributed by atoms with Crippen LogP contribution in [0.1, 0.15) is 19.8 Å². The summed E-state index contributed by atoms with van der Waals surface area (Å²) in [4.78, 5) is 22.9. The van der Waals surface area contributed by atoms with E-state index >= 15 is 0 Å². The lowest BCUT2D eigenvalue weighted by Crippen LogP contribution is -2.14. The van der Waals surface area contributed by atoms with Gasteiger partial charge < -0.3 is 9.47 Å². The molecule has 0 unspecified atom stereocenters. The molecule has 0 radical (unpaired) electrons. The van der Waals surface area contributed by atoms with Crippen molar-refractivity contribution in [2.45, 2.75) is 19.8 Å². The first-order chi connectivity index (χ1) is 10.2. The maximum atomic E-state index is 11.7. The van der Waals surface area contributed by atoms with Crippen molar-refractivity contribution in [3.05, 3.63) is 42.5 Å². The van der Waals surface area contributed by atoms with Crippen LogP contribution in [-0.4, -0.2) is 25.0 Å². The number of ketones is 1. The molecule has 110 valence electrons. The van der Waals surface area contributed by atoms with E-state index < -0.39 is 0 Å². The molecule has 4 nitrogen and oxygen atoms in total. The van der Waals surface area contributed by atoms with Gasteiger partial charge in [-0.05, 0) is 18.4 Å². The molecule has 0 amide bonds. The molecule has 0 heterocycles. The number of Topliss-reactive ketones (excluding diaryl/α,β-unsaturated/α-hetero) is 1. The maximum absolute atomic E-state index is 11.7. The van der Waals surface area contributed by atoms with Gasteiger partial charge in [-0.15, -0.1) is 0 Å². The Morgan fingerprint density at radius 2 is 1.76 bits per heavy atom. The summed E-state index contributed by atoms with van der Waals surface area (Å²) in [5.74, 6) is 0.213. The van der Waals surface area contributed by atoms with E-state index in [0.717, 1.165) is 10.8 Å². The van der Waals surface area contributed by atoms with E-state index in [1.165, 1.54) is 0 Å². The summed E-state index contributed by atoms with van der Waals surface area (Å²) in [7, 11) is 0. The summed E-state index contributed by atoms with van der Waals surface area (Å²) in [6, 6.07) is 13.5. The van der Waals surface area contributed by atoms with Crippen LogP contribution >= 0.6 is 0 Å². The number of benzene rings is 2. The number of fused-ring (bicyclic) bond motifs is 1. The van der Waals surface area contributed by atoms with Crippen LogP contribution in [0, 0.1) is 0 Å². The van der Waals surface area contributed by atoms with Gasteiger partial charge in [-0.1, -0.05) is 36.4 Å². The molecule has 0 saturated heterocycles. The normalized spacial score (nSPS) is 10.3. The smallest absolute Gasteiger partial charge is 0.306 e. The molecule has 0 spiro atoms. The minimum atomic E-state index is -0.351. The lowest BCUT2D eigenvalue weighted by Gasteiger charge is -2.08. The average molecular weight is 286 g/mol. The van der Waals surface area contributed by atoms with Crippen molar-refractivity contribution in [1.82, 2.24) is 0 Å². The van der Waals surface area contributed by atoms with Crippen LogP contribution in [0.4, 0.5) is 0 Å². The Balaban J connectivity index is 1.90. The molecule has 0 atom stereocenters. The quantitative estimate of drug-likeness (QED) is 0.734. The van der Waals surface area contributed by atoms with Gasteiger partial charge in [0.15, 0.2) is 5.78 Å². The van der Waals surface area contributed by atoms with Crippen LogP contribution in [-0.2, 0) is 14.3 Å². The standard InChI is InChI=1S/C17H18O4/c1-2-20-17(19)11-10-14(18)12-21-16-9-5-7-13-6-3-4-8-15(13)16/h3-9H,2,10-12H2,1H3. The summed E-state index contributed by atoms with van der Waals surface area (Å²) in [6.07, 6.45) is 0.245. The summed E-state index contributed by atoms with van der Waals surface area (Å²) in [6.45, 7) is 2.04. The second-order valence-electron chi connectivity index (χ2n) is 4.61. The van der Waals surface area contributed by atoms with Crippen molar-refractivity contribution in [3.63, 3.8) is 0 Å². The highest BCUT2D eigenvalue weighted by atomic mass is 16.5. The molecule has 0 aliphatic heterocycles. The molecule has 2 aromatic carbocycles. The van der Waals surface area contributed by atoms with Crippen molar-refractivity contribution in [2.24, 2.45) is 0 Å². The SMILES string of the molecule is CCOC(=O)CCC(=O)COc1cccc2ccccc12. The van der Waals surface area contributed by atoms with Gasteiger partial charge in [0.25, 0.3) is 0 Å². The molecule has 21 heavy (non-hydrogen) atoms. The molecular weight excluding hydrogens is 268 g/mol. The first-order valence-electron chi connectivity index (χ1n) is 6.98. The Morgan fingerprint density at radius 1 is 1.00 bits per heavy atom. The van der Waals surface area contributed by atoms with E-state index in [2.05, 4.69) is 0 Å². The Labute approximate surface area is 123 Å². The molecule has 0 aliphatic carbocycles. The van der Waals surface area contributed by atoms with Crippen LogP contribution in [0.3, 0.4) is 0 Å². The monoisotopic (exact) mass is 286 g/mol. The summed E-state index contributed by atoms with van der Waals surface area (Å²) in [5, 5.41) is 2.03. The Kier molecular flexibility index (Phi) is 5.32. The van der Waals surface area contributed by atoms with Gasteiger partial charge in [0.1, 0.15) is 12.4 Å². The van der Waals surface area contributed by atoms with E-state index in [9.17, 15) is 9.59 Å². The maximum Gasteiger partial charge on any atom is 0.306 e. The molecule has 4 heteroatoms. The summed E-state index contributed by atoms with van der Waals surface area (Å²) in [5.41, 5.74) is 0. The number of hydrogen-bond acceptors (Lipinski definition) is 4. The van der Waals surface area contributed by atoms with Crippen molar-refractivity contribution in [1.29, 1.82) is 0 Å². The Hall–Kier alpha value is -2.36. The molecule has 0 bridgehead atoms. The fraction of sp³-hybridized carbons (Fsp3) is 0.294. The van der Waals surface area contributed by atoms with Gasteiger partial charge in [-0.2, -0.15) is 0 Å². The fourth-order valence-electron chi connectivity index (χ4n) is 2.03. The molecule has 0 fully saturated rings. The average Bonchev–Trinajstić information content (AvgIpc) is 2.51. The minimum absolute atomic E-state index is 0.0343. The van der Waals surface area contributed by atoms with Crippen molar-refractivity contribution >= 4 is 22.5 Å². The van der Waals surface area contributed by atoms with Gasteiger partial charge in [0, 0.05) is 11.8 Å². The van der Waals surface area contributed by atoms with Gasteiger partial charge in [-0.3, -0.25) is 9.59 Å². The number of ether oxygens (including phenoxy) is 2. The van der Waals surface area contributed by atoms with Gasteiger partial charge >= 0.3 is 5.97 Å². The molecule has 0 aromatic heterocycles. The largest absolute Gasteiger partial charge is 0.485 e. The van der Waals surface area contributed by atoms with Crippen molar-refractivity contribution < 1.29 is 19.1 Å². The number of carbonyl (C=O) groups excluding carboxylic acids is 2. The van der Waals surface area contributed by atoms with Crippen molar-refractivity contribution in [2.75, 3.05) is 13.2 Å². The predicted molar refractivity (Wildman–Crippen MR) is 80.3 cm³/mol. The number of carbonyl (C=O) groups is 2. The van der Waals surface area contributed by atoms with Crippen LogP contribution in [0.25, 0.3) is 10.8 Å². The second-order valence-corrected chi connectivity index (χ2v) is 4.61. The van der Waals surface area contributed by atoms with Crippen molar-refractivity contribution in [3.8, 4) is 5.75 Å². The topological polar surface area (TPSA) is 52.6 Å². The minimum Gasteiger partial charge on any atom is -0.485 e. The van der Waals surface area contributed by atoms with Gasteiger partial charge in [0.2, 0.25) is 0 Å². The lowest BCUT2D eigenvalue weighted by atomic mass is 10.1. The highest BCUT2D eigenvalue weighted by Crippen LogP contribution is 2.25. The zero-order chi connectivity index (χ0) is 15.1. The summed E-state index contributed by atoms with van der Waals surface area (Å²) < 4.78 is 10.4. The number of hydrogen-bond donors (Lipinski definition) is 0. The number of rotatable bonds is 7. The third-order valence-electron chi connectivity index (χ3n) is 3.05. The van der Waals surface area contributed by atoms with Crippen LogP contribution in [0.15, 0.2) is 42.5 Å². The second kappa shape index (κ2) is 7.43. The molecule has 0 aliphatic rings. The molecular formula is C17H18O4. The van der Waals surface area contributed by atoms with E-state index in [1.54, 1.807) is 6.92 Å². The third-order valence-corrected chi connectivity index (χ3v) is 3.05. The highest BCUT2D eigenvalue weighted by molar-refractivity contribution is 5.89. The Morgan fingerprint density at radius 3 is 2.57 bits per heavy atom.